The number of rotatable bonds is 1. The lowest BCUT2D eigenvalue weighted by Crippen LogP contribution is -2.52. The van der Waals surface area contributed by atoms with E-state index >= 15 is 0 Å². The van der Waals surface area contributed by atoms with Crippen LogP contribution in [0.3, 0.4) is 0 Å². The molecule has 104 valence electrons. The Hall–Kier alpha value is -1.81. The maximum absolute atomic E-state index is 12.0. The lowest BCUT2D eigenvalue weighted by Gasteiger charge is -2.41. The van der Waals surface area contributed by atoms with Crippen LogP contribution in [0.2, 0.25) is 5.02 Å². The van der Waals surface area contributed by atoms with Crippen LogP contribution >= 0.6 is 11.6 Å². The van der Waals surface area contributed by atoms with Crippen molar-refractivity contribution in [2.75, 3.05) is 4.90 Å². The van der Waals surface area contributed by atoms with Crippen LogP contribution < -0.4 is 4.90 Å². The second kappa shape index (κ2) is 4.63. The molecule has 1 heterocycles. The molecular weight excluding hydrogens is 278 g/mol. The molecule has 1 aromatic carbocycles. The summed E-state index contributed by atoms with van der Waals surface area (Å²) in [6.07, 6.45) is 4.67. The Balaban J connectivity index is 2.22. The lowest BCUT2D eigenvalue weighted by molar-refractivity contribution is -0.141. The standard InChI is InChI=1S/C15H14ClNO3/c1-8(18)17-13-6-5-9(16)7-12(13)10-3-2-4-11(10)14(17)15(19)20/h2-3,5-7,10-11,14H,4H2,1H3,(H,19,20)/t10-,11+,14-/m0/s1. The first kappa shape index (κ1) is 13.2. The fraction of sp³-hybridized carbons (Fsp3) is 0.333. The van der Waals surface area contributed by atoms with E-state index in [-0.39, 0.29) is 17.7 Å². The van der Waals surface area contributed by atoms with Gasteiger partial charge < -0.3 is 5.11 Å². The largest absolute Gasteiger partial charge is 0.480 e. The highest BCUT2D eigenvalue weighted by Crippen LogP contribution is 2.48. The Kier molecular flexibility index (Phi) is 3.05. The number of benzene rings is 1. The lowest BCUT2D eigenvalue weighted by atomic mass is 9.78. The van der Waals surface area contributed by atoms with Crippen molar-refractivity contribution < 1.29 is 14.7 Å². The zero-order valence-electron chi connectivity index (χ0n) is 10.9. The van der Waals surface area contributed by atoms with Gasteiger partial charge in [-0.05, 0) is 30.2 Å². The van der Waals surface area contributed by atoms with E-state index in [1.807, 2.05) is 18.2 Å². The average Bonchev–Trinajstić information content (AvgIpc) is 2.85. The van der Waals surface area contributed by atoms with Crippen molar-refractivity contribution in [2.45, 2.75) is 25.3 Å². The molecule has 1 aromatic rings. The first-order valence-corrected chi connectivity index (χ1v) is 6.87. The summed E-state index contributed by atoms with van der Waals surface area (Å²) >= 11 is 6.05. The van der Waals surface area contributed by atoms with E-state index in [9.17, 15) is 14.7 Å². The summed E-state index contributed by atoms with van der Waals surface area (Å²) in [6, 6.07) is 4.44. The van der Waals surface area contributed by atoms with Crippen LogP contribution in [-0.4, -0.2) is 23.0 Å². The highest BCUT2D eigenvalue weighted by molar-refractivity contribution is 6.30. The highest BCUT2D eigenvalue weighted by atomic mass is 35.5. The summed E-state index contributed by atoms with van der Waals surface area (Å²) in [5, 5.41) is 10.1. The molecule has 0 radical (unpaired) electrons. The van der Waals surface area contributed by atoms with Crippen molar-refractivity contribution >= 4 is 29.2 Å². The molecule has 20 heavy (non-hydrogen) atoms. The van der Waals surface area contributed by atoms with Crippen molar-refractivity contribution in [3.8, 4) is 0 Å². The van der Waals surface area contributed by atoms with Gasteiger partial charge in [-0.3, -0.25) is 9.69 Å². The molecular formula is C15H14ClNO3. The van der Waals surface area contributed by atoms with Crippen LogP contribution in [-0.2, 0) is 9.59 Å². The zero-order valence-corrected chi connectivity index (χ0v) is 11.7. The van der Waals surface area contributed by atoms with Gasteiger partial charge in [0.25, 0.3) is 0 Å². The molecule has 0 aromatic heterocycles. The van der Waals surface area contributed by atoms with Crippen molar-refractivity contribution in [3.05, 3.63) is 40.9 Å². The van der Waals surface area contributed by atoms with E-state index in [0.29, 0.717) is 17.1 Å². The number of hydrogen-bond acceptors (Lipinski definition) is 2. The number of anilines is 1. The summed E-state index contributed by atoms with van der Waals surface area (Å²) in [5.74, 6) is -1.33. The number of carbonyl (C=O) groups is 2. The van der Waals surface area contributed by atoms with Crippen molar-refractivity contribution in [3.63, 3.8) is 0 Å². The minimum Gasteiger partial charge on any atom is -0.480 e. The predicted molar refractivity (Wildman–Crippen MR) is 76.0 cm³/mol. The molecule has 2 aliphatic rings. The van der Waals surface area contributed by atoms with Gasteiger partial charge in [0.05, 0.1) is 0 Å². The molecule has 0 bridgehead atoms. The van der Waals surface area contributed by atoms with E-state index < -0.39 is 12.0 Å². The SMILES string of the molecule is CC(=O)N1c2ccc(Cl)cc2[C@H]2C=CC[C@H]2[C@H]1C(=O)O. The smallest absolute Gasteiger partial charge is 0.327 e. The summed E-state index contributed by atoms with van der Waals surface area (Å²) in [5.41, 5.74) is 1.59. The Morgan fingerprint density at radius 1 is 1.40 bits per heavy atom. The molecule has 1 amide bonds. The normalized spacial score (nSPS) is 27.1. The van der Waals surface area contributed by atoms with E-state index in [1.54, 1.807) is 12.1 Å². The zero-order chi connectivity index (χ0) is 14.4. The third kappa shape index (κ3) is 1.83. The number of allylic oxidation sites excluding steroid dienone is 2. The van der Waals surface area contributed by atoms with Gasteiger partial charge in [-0.15, -0.1) is 0 Å². The average molecular weight is 292 g/mol. The molecule has 1 N–H and O–H groups in total. The quantitative estimate of drug-likeness (QED) is 0.810. The number of carboxylic acid groups (broad SMARTS) is 1. The van der Waals surface area contributed by atoms with Crippen LogP contribution in [0.1, 0.15) is 24.8 Å². The minimum absolute atomic E-state index is 0.0143. The molecule has 1 aliphatic carbocycles. The maximum atomic E-state index is 12.0. The second-order valence-electron chi connectivity index (χ2n) is 5.23. The molecule has 0 saturated carbocycles. The molecule has 0 saturated heterocycles. The van der Waals surface area contributed by atoms with Crippen LogP contribution in [0.5, 0.6) is 0 Å². The molecule has 1 aliphatic heterocycles. The van der Waals surface area contributed by atoms with Crippen LogP contribution in [0, 0.1) is 5.92 Å². The van der Waals surface area contributed by atoms with Crippen molar-refractivity contribution in [1.82, 2.24) is 0 Å². The Morgan fingerprint density at radius 2 is 2.15 bits per heavy atom. The molecule has 4 nitrogen and oxygen atoms in total. The summed E-state index contributed by atoms with van der Waals surface area (Å²) in [6.45, 7) is 1.40. The molecule has 3 rings (SSSR count). The van der Waals surface area contributed by atoms with Gasteiger partial charge >= 0.3 is 5.97 Å². The number of nitrogens with zero attached hydrogens (tertiary/aromatic N) is 1. The van der Waals surface area contributed by atoms with Crippen LogP contribution in [0.4, 0.5) is 5.69 Å². The van der Waals surface area contributed by atoms with E-state index in [1.165, 1.54) is 11.8 Å². The fourth-order valence-electron chi connectivity index (χ4n) is 3.34. The van der Waals surface area contributed by atoms with E-state index in [0.717, 1.165) is 5.56 Å². The van der Waals surface area contributed by atoms with Gasteiger partial charge in [0.15, 0.2) is 0 Å². The minimum atomic E-state index is -0.959. The maximum Gasteiger partial charge on any atom is 0.327 e. The number of carbonyl (C=O) groups excluding carboxylic acids is 1. The van der Waals surface area contributed by atoms with Crippen LogP contribution in [0.25, 0.3) is 0 Å². The van der Waals surface area contributed by atoms with Crippen molar-refractivity contribution in [2.24, 2.45) is 5.92 Å². The summed E-state index contributed by atoms with van der Waals surface area (Å²) < 4.78 is 0. The number of aliphatic carboxylic acids is 1. The number of carboxylic acids is 1. The molecule has 0 unspecified atom stereocenters. The summed E-state index contributed by atoms with van der Waals surface area (Å²) in [4.78, 5) is 25.0. The van der Waals surface area contributed by atoms with Gasteiger partial charge in [0.1, 0.15) is 6.04 Å². The highest BCUT2D eigenvalue weighted by Gasteiger charge is 2.46. The molecule has 5 heteroatoms. The first-order valence-electron chi connectivity index (χ1n) is 6.49. The Labute approximate surface area is 121 Å². The van der Waals surface area contributed by atoms with E-state index in [2.05, 4.69) is 0 Å². The fourth-order valence-corrected chi connectivity index (χ4v) is 3.52. The van der Waals surface area contributed by atoms with Crippen LogP contribution in [0.15, 0.2) is 30.4 Å². The predicted octanol–water partition coefficient (Wildman–Crippen LogP) is 2.82. The number of amides is 1. The number of hydrogen-bond donors (Lipinski definition) is 1. The molecule has 0 spiro atoms. The summed E-state index contributed by atoms with van der Waals surface area (Å²) in [7, 11) is 0. The number of halogens is 1. The molecule has 0 fully saturated rings. The topological polar surface area (TPSA) is 57.6 Å². The van der Waals surface area contributed by atoms with Gasteiger partial charge in [-0.1, -0.05) is 23.8 Å². The second-order valence-corrected chi connectivity index (χ2v) is 5.67. The van der Waals surface area contributed by atoms with E-state index in [4.69, 9.17) is 11.6 Å². The van der Waals surface area contributed by atoms with Gasteiger partial charge in [-0.2, -0.15) is 0 Å². The third-order valence-corrected chi connectivity index (χ3v) is 4.33. The molecule has 3 atom stereocenters. The van der Waals surface area contributed by atoms with Gasteiger partial charge in [-0.25, -0.2) is 4.79 Å². The third-order valence-electron chi connectivity index (χ3n) is 4.10. The van der Waals surface area contributed by atoms with Gasteiger partial charge in [0, 0.05) is 29.5 Å². The Bertz CT molecular complexity index is 626. The Morgan fingerprint density at radius 3 is 2.80 bits per heavy atom. The number of fused-ring (bicyclic) bond motifs is 3. The van der Waals surface area contributed by atoms with Crippen molar-refractivity contribution in [1.29, 1.82) is 0 Å². The first-order chi connectivity index (χ1) is 9.50. The van der Waals surface area contributed by atoms with Gasteiger partial charge in [0.2, 0.25) is 5.91 Å². The monoisotopic (exact) mass is 291 g/mol.